The minimum atomic E-state index is -4.56. The average molecular weight is 397 g/mol. The third-order valence-electron chi connectivity index (χ3n) is 3.86. The van der Waals surface area contributed by atoms with Gasteiger partial charge in [0.2, 0.25) is 5.91 Å². The molecule has 0 aliphatic rings. The fourth-order valence-electron chi connectivity index (χ4n) is 2.43. The Labute approximate surface area is 159 Å². The largest absolute Gasteiger partial charge is 0.417 e. The summed E-state index contributed by atoms with van der Waals surface area (Å²) in [6, 6.07) is 9.43. The first-order valence-corrected chi connectivity index (χ1v) is 9.18. The predicted octanol–water partition coefficient (Wildman–Crippen LogP) is 5.88. The van der Waals surface area contributed by atoms with Crippen LogP contribution in [0.1, 0.15) is 25.0 Å². The van der Waals surface area contributed by atoms with E-state index in [4.69, 9.17) is 0 Å². The summed E-state index contributed by atoms with van der Waals surface area (Å²) < 4.78 is 53.3. The van der Waals surface area contributed by atoms with Gasteiger partial charge in [0.1, 0.15) is 5.82 Å². The van der Waals surface area contributed by atoms with Crippen LogP contribution in [0.4, 0.5) is 17.6 Å². The molecule has 0 radical (unpaired) electrons. The molecule has 0 aliphatic carbocycles. The van der Waals surface area contributed by atoms with E-state index < -0.39 is 17.6 Å². The molecule has 2 rings (SSSR count). The van der Waals surface area contributed by atoms with Crippen molar-refractivity contribution in [3.8, 4) is 0 Å². The molecule has 0 unspecified atom stereocenters. The molecule has 1 amide bonds. The second kappa shape index (κ2) is 9.08. The van der Waals surface area contributed by atoms with E-state index in [0.29, 0.717) is 22.9 Å². The van der Waals surface area contributed by atoms with Crippen molar-refractivity contribution < 1.29 is 22.4 Å². The molecule has 144 valence electrons. The summed E-state index contributed by atoms with van der Waals surface area (Å²) in [4.78, 5) is 14.5. The normalized spacial score (nSPS) is 11.8. The first-order chi connectivity index (χ1) is 12.7. The standard InChI is InChI=1S/C20H19F4NOS/c1-3-25(4-2)19(26)12-6-14-5-9-17(13-18(14)20(22,23)24)27-16-10-7-15(21)8-11-16/h5-13H,3-4H2,1-2H3. The zero-order valence-corrected chi connectivity index (χ0v) is 15.7. The Morgan fingerprint density at radius 1 is 1.04 bits per heavy atom. The maximum Gasteiger partial charge on any atom is 0.417 e. The lowest BCUT2D eigenvalue weighted by atomic mass is 10.1. The van der Waals surface area contributed by atoms with Crippen molar-refractivity contribution in [2.45, 2.75) is 29.8 Å². The molecule has 0 bridgehead atoms. The van der Waals surface area contributed by atoms with E-state index in [9.17, 15) is 22.4 Å². The molecule has 0 aromatic heterocycles. The molecule has 0 saturated carbocycles. The minimum Gasteiger partial charge on any atom is -0.340 e. The van der Waals surface area contributed by atoms with E-state index in [2.05, 4.69) is 0 Å². The van der Waals surface area contributed by atoms with E-state index in [1.807, 2.05) is 0 Å². The van der Waals surface area contributed by atoms with E-state index in [1.54, 1.807) is 19.9 Å². The van der Waals surface area contributed by atoms with Crippen LogP contribution in [0.3, 0.4) is 0 Å². The van der Waals surface area contributed by atoms with Gasteiger partial charge in [-0.15, -0.1) is 0 Å². The van der Waals surface area contributed by atoms with Crippen LogP contribution in [0.15, 0.2) is 58.3 Å². The molecule has 27 heavy (non-hydrogen) atoms. The summed E-state index contributed by atoms with van der Waals surface area (Å²) in [7, 11) is 0. The van der Waals surface area contributed by atoms with Crippen molar-refractivity contribution in [2.75, 3.05) is 13.1 Å². The molecule has 0 saturated heterocycles. The van der Waals surface area contributed by atoms with Gasteiger partial charge in [-0.3, -0.25) is 4.79 Å². The fourth-order valence-corrected chi connectivity index (χ4v) is 3.29. The van der Waals surface area contributed by atoms with Crippen LogP contribution in [0.25, 0.3) is 6.08 Å². The molecule has 0 N–H and O–H groups in total. The first kappa shape index (κ1) is 21.0. The van der Waals surface area contributed by atoms with Gasteiger partial charge < -0.3 is 4.90 Å². The predicted molar refractivity (Wildman–Crippen MR) is 98.9 cm³/mol. The lowest BCUT2D eigenvalue weighted by Gasteiger charge is -2.16. The summed E-state index contributed by atoms with van der Waals surface area (Å²) in [6.45, 7) is 4.58. The SMILES string of the molecule is CCN(CC)C(=O)C=Cc1ccc(Sc2ccc(F)cc2)cc1C(F)(F)F. The molecule has 2 aromatic carbocycles. The third-order valence-corrected chi connectivity index (χ3v) is 4.86. The Bertz CT molecular complexity index is 812. The molecule has 7 heteroatoms. The van der Waals surface area contributed by atoms with Crippen LogP contribution >= 0.6 is 11.8 Å². The van der Waals surface area contributed by atoms with Gasteiger partial charge in [0.05, 0.1) is 5.56 Å². The molecule has 0 atom stereocenters. The molecule has 0 spiro atoms. The number of carbonyl (C=O) groups is 1. The molecular weight excluding hydrogens is 378 g/mol. The van der Waals surface area contributed by atoms with Gasteiger partial charge in [-0.25, -0.2) is 4.39 Å². The highest BCUT2D eigenvalue weighted by atomic mass is 32.2. The average Bonchev–Trinajstić information content (AvgIpc) is 2.62. The summed E-state index contributed by atoms with van der Waals surface area (Å²) in [5.74, 6) is -0.744. The van der Waals surface area contributed by atoms with Crippen LogP contribution in [-0.2, 0) is 11.0 Å². The molecule has 0 aliphatic heterocycles. The van der Waals surface area contributed by atoms with E-state index >= 15 is 0 Å². The molecule has 0 heterocycles. The van der Waals surface area contributed by atoms with Crippen LogP contribution < -0.4 is 0 Å². The van der Waals surface area contributed by atoms with Crippen molar-refractivity contribution >= 4 is 23.7 Å². The first-order valence-electron chi connectivity index (χ1n) is 8.36. The highest BCUT2D eigenvalue weighted by molar-refractivity contribution is 7.99. The van der Waals surface area contributed by atoms with Gasteiger partial charge in [0.25, 0.3) is 0 Å². The smallest absolute Gasteiger partial charge is 0.340 e. The van der Waals surface area contributed by atoms with Crippen molar-refractivity contribution in [3.63, 3.8) is 0 Å². The molecule has 2 nitrogen and oxygen atoms in total. The number of benzene rings is 2. The number of hydrogen-bond donors (Lipinski definition) is 0. The van der Waals surface area contributed by atoms with E-state index in [-0.39, 0.29) is 11.5 Å². The van der Waals surface area contributed by atoms with Crippen LogP contribution in [0.5, 0.6) is 0 Å². The number of alkyl halides is 3. The summed E-state index contributed by atoms with van der Waals surface area (Å²) >= 11 is 1.11. The van der Waals surface area contributed by atoms with Crippen molar-refractivity contribution in [2.24, 2.45) is 0 Å². The molecular formula is C20H19F4NOS. The van der Waals surface area contributed by atoms with Crippen LogP contribution in [0, 0.1) is 5.82 Å². The van der Waals surface area contributed by atoms with Gasteiger partial charge in [0.15, 0.2) is 0 Å². The number of hydrogen-bond acceptors (Lipinski definition) is 2. The lowest BCUT2D eigenvalue weighted by Crippen LogP contribution is -2.28. The van der Waals surface area contributed by atoms with E-state index in [1.165, 1.54) is 41.3 Å². The van der Waals surface area contributed by atoms with Crippen LogP contribution in [0.2, 0.25) is 0 Å². The number of halogens is 4. The second-order valence-electron chi connectivity index (χ2n) is 5.65. The van der Waals surface area contributed by atoms with Crippen molar-refractivity contribution in [3.05, 3.63) is 65.5 Å². The monoisotopic (exact) mass is 397 g/mol. The zero-order chi connectivity index (χ0) is 20.0. The highest BCUT2D eigenvalue weighted by Crippen LogP contribution is 2.37. The summed E-state index contributed by atoms with van der Waals surface area (Å²) in [5, 5.41) is 0. The number of amides is 1. The Morgan fingerprint density at radius 2 is 1.63 bits per heavy atom. The Hall–Kier alpha value is -2.28. The third kappa shape index (κ3) is 5.85. The topological polar surface area (TPSA) is 20.3 Å². The van der Waals surface area contributed by atoms with Gasteiger partial charge in [-0.2, -0.15) is 13.2 Å². The Kier molecular flexibility index (Phi) is 7.07. The molecule has 0 fully saturated rings. The minimum absolute atomic E-state index is 0.0773. The van der Waals surface area contributed by atoms with Crippen molar-refractivity contribution in [1.29, 1.82) is 0 Å². The van der Waals surface area contributed by atoms with Gasteiger partial charge in [-0.05, 0) is 61.9 Å². The lowest BCUT2D eigenvalue weighted by molar-refractivity contribution is -0.138. The highest BCUT2D eigenvalue weighted by Gasteiger charge is 2.33. The number of likely N-dealkylation sites (N-methyl/N-ethyl adjacent to an activating group) is 1. The zero-order valence-electron chi connectivity index (χ0n) is 14.9. The van der Waals surface area contributed by atoms with Gasteiger partial charge >= 0.3 is 6.18 Å². The summed E-state index contributed by atoms with van der Waals surface area (Å²) in [6.07, 6.45) is -2.21. The Balaban J connectivity index is 2.30. The van der Waals surface area contributed by atoms with Crippen molar-refractivity contribution in [1.82, 2.24) is 4.90 Å². The maximum absolute atomic E-state index is 13.4. The fraction of sp³-hybridized carbons (Fsp3) is 0.250. The maximum atomic E-state index is 13.4. The number of nitrogens with zero attached hydrogens (tertiary/aromatic N) is 1. The van der Waals surface area contributed by atoms with Gasteiger partial charge in [0, 0.05) is 29.0 Å². The Morgan fingerprint density at radius 3 is 2.19 bits per heavy atom. The number of carbonyl (C=O) groups excluding carboxylic acids is 1. The summed E-state index contributed by atoms with van der Waals surface area (Å²) in [5.41, 5.74) is -0.898. The molecule has 2 aromatic rings. The van der Waals surface area contributed by atoms with Gasteiger partial charge in [-0.1, -0.05) is 17.8 Å². The second-order valence-corrected chi connectivity index (χ2v) is 6.79. The van der Waals surface area contributed by atoms with E-state index in [0.717, 1.165) is 23.9 Å². The van der Waals surface area contributed by atoms with Crippen LogP contribution in [-0.4, -0.2) is 23.9 Å². The number of rotatable bonds is 6. The quantitative estimate of drug-likeness (QED) is 0.448.